The average Bonchev–Trinajstić information content (AvgIpc) is 2.31. The molecule has 1 aliphatic heterocycles. The summed E-state index contributed by atoms with van der Waals surface area (Å²) in [7, 11) is 0.890. The maximum atomic E-state index is 11.9. The molecule has 1 rings (SSSR count). The van der Waals surface area contributed by atoms with Crippen LogP contribution < -0.4 is 0 Å². The van der Waals surface area contributed by atoms with Crippen LogP contribution in [-0.2, 0) is 14.0 Å². The lowest BCUT2D eigenvalue weighted by Gasteiger charge is -2.32. The van der Waals surface area contributed by atoms with Crippen LogP contribution in [0.5, 0.6) is 0 Å². The fourth-order valence-corrected chi connectivity index (χ4v) is 1.39. The van der Waals surface area contributed by atoms with Crippen molar-refractivity contribution < 1.29 is 18.8 Å². The van der Waals surface area contributed by atoms with E-state index in [2.05, 4.69) is 0 Å². The van der Waals surface area contributed by atoms with E-state index in [1.165, 1.54) is 4.81 Å². The van der Waals surface area contributed by atoms with E-state index in [0.717, 1.165) is 0 Å². The molecule has 0 aromatic heterocycles. The molecule has 0 radical (unpaired) electrons. The molecule has 0 bridgehead atoms. The van der Waals surface area contributed by atoms with Crippen molar-refractivity contribution >= 4 is 13.3 Å². The van der Waals surface area contributed by atoms with Crippen molar-refractivity contribution in [3.63, 3.8) is 0 Å². The molecular weight excluding hydrogens is 233 g/mol. The molecule has 1 saturated heterocycles. The Morgan fingerprint density at radius 1 is 1.11 bits per heavy atom. The highest BCUT2D eigenvalue weighted by atomic mass is 16.7. The second kappa shape index (κ2) is 4.42. The summed E-state index contributed by atoms with van der Waals surface area (Å²) in [4.78, 5) is 13.2. The Balaban J connectivity index is 2.71. The third-order valence-electron chi connectivity index (χ3n) is 3.24. The molecule has 0 unspecified atom stereocenters. The number of amides is 1. The lowest BCUT2D eigenvalue weighted by atomic mass is 9.90. The zero-order valence-corrected chi connectivity index (χ0v) is 12.7. The zero-order chi connectivity index (χ0) is 14.4. The summed E-state index contributed by atoms with van der Waals surface area (Å²) in [6, 6.07) is 0. The Labute approximate surface area is 110 Å². The van der Waals surface area contributed by atoms with Crippen molar-refractivity contribution in [1.82, 2.24) is 4.81 Å². The van der Waals surface area contributed by atoms with Crippen molar-refractivity contribution in [2.75, 3.05) is 7.05 Å². The summed E-state index contributed by atoms with van der Waals surface area (Å²) in [6.07, 6.45) is -0.457. The Kier molecular flexibility index (Phi) is 3.76. The van der Waals surface area contributed by atoms with Crippen LogP contribution in [0, 0.1) is 0 Å². The number of rotatable bonds is 1. The molecule has 6 heteroatoms. The standard InChI is InChI=1S/C12H24BNO4/c1-10(2,3)16-9(15)14(8)13-17-11(4,5)12(6,7)18-13/h1-8H3. The number of hydrogen-bond donors (Lipinski definition) is 0. The number of hydrogen-bond acceptors (Lipinski definition) is 4. The van der Waals surface area contributed by atoms with E-state index in [4.69, 9.17) is 14.0 Å². The summed E-state index contributed by atoms with van der Waals surface area (Å²) in [6.45, 7) is 13.2. The van der Waals surface area contributed by atoms with Gasteiger partial charge in [0.15, 0.2) is 0 Å². The molecule has 1 heterocycles. The van der Waals surface area contributed by atoms with E-state index in [1.807, 2.05) is 48.5 Å². The normalized spacial score (nSPS) is 21.9. The molecule has 1 fully saturated rings. The first-order valence-corrected chi connectivity index (χ1v) is 6.17. The molecule has 18 heavy (non-hydrogen) atoms. The van der Waals surface area contributed by atoms with Gasteiger partial charge in [0, 0.05) is 7.05 Å². The SMILES string of the molecule is CN(B1OC(C)(C)C(C)(C)O1)C(=O)OC(C)(C)C. The highest BCUT2D eigenvalue weighted by Crippen LogP contribution is 2.37. The fourth-order valence-electron chi connectivity index (χ4n) is 1.39. The molecule has 5 nitrogen and oxygen atoms in total. The minimum Gasteiger partial charge on any atom is -0.444 e. The van der Waals surface area contributed by atoms with E-state index in [1.54, 1.807) is 7.05 Å². The molecule has 104 valence electrons. The highest BCUT2D eigenvalue weighted by molar-refractivity contribution is 6.45. The smallest absolute Gasteiger partial charge is 0.444 e. The Bertz CT molecular complexity index is 319. The van der Waals surface area contributed by atoms with Gasteiger partial charge in [-0.25, -0.2) is 4.79 Å². The predicted octanol–water partition coefficient (Wildman–Crippen LogP) is 2.44. The van der Waals surface area contributed by atoms with E-state index in [-0.39, 0.29) is 0 Å². The highest BCUT2D eigenvalue weighted by Gasteiger charge is 2.54. The minimum atomic E-state index is -0.718. The van der Waals surface area contributed by atoms with Gasteiger partial charge in [0.2, 0.25) is 0 Å². The summed E-state index contributed by atoms with van der Waals surface area (Å²) in [5.74, 6) is 0. The van der Waals surface area contributed by atoms with Gasteiger partial charge in [0.05, 0.1) is 11.2 Å². The van der Waals surface area contributed by atoms with Gasteiger partial charge in [-0.05, 0) is 48.5 Å². The molecule has 0 atom stereocenters. The summed E-state index contributed by atoms with van der Waals surface area (Å²) < 4.78 is 16.8. The van der Waals surface area contributed by atoms with Gasteiger partial charge in [-0.3, -0.25) is 0 Å². The number of carbonyl (C=O) groups is 1. The molecule has 0 N–H and O–H groups in total. The first-order chi connectivity index (χ1) is 7.86. The molecule has 1 amide bonds. The predicted molar refractivity (Wildman–Crippen MR) is 70.1 cm³/mol. The largest absolute Gasteiger partial charge is 0.599 e. The van der Waals surface area contributed by atoms with Crippen LogP contribution in [0.15, 0.2) is 0 Å². The average molecular weight is 257 g/mol. The Morgan fingerprint density at radius 3 is 1.83 bits per heavy atom. The quantitative estimate of drug-likeness (QED) is 0.677. The van der Waals surface area contributed by atoms with Crippen LogP contribution in [0.1, 0.15) is 48.5 Å². The van der Waals surface area contributed by atoms with Gasteiger partial charge in [-0.1, -0.05) is 0 Å². The Morgan fingerprint density at radius 2 is 1.50 bits per heavy atom. The number of carbonyl (C=O) groups excluding carboxylic acids is 1. The van der Waals surface area contributed by atoms with Gasteiger partial charge in [0.25, 0.3) is 0 Å². The molecule has 0 aromatic carbocycles. The third-order valence-corrected chi connectivity index (χ3v) is 3.24. The fraction of sp³-hybridized carbons (Fsp3) is 0.917. The van der Waals surface area contributed by atoms with Gasteiger partial charge in [-0.2, -0.15) is 0 Å². The first-order valence-electron chi connectivity index (χ1n) is 6.17. The second-order valence-corrected chi connectivity index (χ2v) is 6.65. The summed E-state index contributed by atoms with van der Waals surface area (Å²) in [5.41, 5.74) is -1.46. The molecule has 0 aliphatic carbocycles. The van der Waals surface area contributed by atoms with E-state index < -0.39 is 30.1 Å². The van der Waals surface area contributed by atoms with Gasteiger partial charge in [-0.15, -0.1) is 0 Å². The maximum Gasteiger partial charge on any atom is 0.599 e. The van der Waals surface area contributed by atoms with Gasteiger partial charge < -0.3 is 18.9 Å². The van der Waals surface area contributed by atoms with Crippen LogP contribution in [0.25, 0.3) is 0 Å². The molecular formula is C12H24BNO4. The van der Waals surface area contributed by atoms with E-state index in [0.29, 0.717) is 0 Å². The lowest BCUT2D eigenvalue weighted by molar-refractivity contribution is 0.00578. The summed E-state index contributed by atoms with van der Waals surface area (Å²) >= 11 is 0. The van der Waals surface area contributed by atoms with E-state index in [9.17, 15) is 4.79 Å². The van der Waals surface area contributed by atoms with Crippen molar-refractivity contribution in [2.24, 2.45) is 0 Å². The van der Waals surface area contributed by atoms with Crippen LogP contribution in [0.3, 0.4) is 0 Å². The topological polar surface area (TPSA) is 48.0 Å². The van der Waals surface area contributed by atoms with Gasteiger partial charge >= 0.3 is 13.3 Å². The minimum absolute atomic E-state index is 0.457. The van der Waals surface area contributed by atoms with E-state index >= 15 is 0 Å². The Hall–Kier alpha value is -0.745. The monoisotopic (exact) mass is 257 g/mol. The van der Waals surface area contributed by atoms with Crippen molar-refractivity contribution in [3.05, 3.63) is 0 Å². The molecule has 0 aromatic rings. The number of ether oxygens (including phenoxy) is 1. The van der Waals surface area contributed by atoms with Crippen molar-refractivity contribution in [2.45, 2.75) is 65.3 Å². The third kappa shape index (κ3) is 3.17. The van der Waals surface area contributed by atoms with Crippen molar-refractivity contribution in [3.8, 4) is 0 Å². The van der Waals surface area contributed by atoms with Crippen LogP contribution in [-0.4, -0.2) is 42.0 Å². The zero-order valence-electron chi connectivity index (χ0n) is 12.7. The molecule has 1 aliphatic rings. The van der Waals surface area contributed by atoms with Crippen LogP contribution in [0.4, 0.5) is 4.79 Å². The molecule has 0 saturated carbocycles. The first kappa shape index (κ1) is 15.3. The van der Waals surface area contributed by atoms with Crippen LogP contribution in [0.2, 0.25) is 0 Å². The van der Waals surface area contributed by atoms with Gasteiger partial charge in [0.1, 0.15) is 5.60 Å². The lowest BCUT2D eigenvalue weighted by Crippen LogP contribution is -2.45. The maximum absolute atomic E-state index is 11.9. The van der Waals surface area contributed by atoms with Crippen molar-refractivity contribution in [1.29, 1.82) is 0 Å². The molecule has 0 spiro atoms. The summed E-state index contributed by atoms with van der Waals surface area (Å²) in [5, 5.41) is 0. The van der Waals surface area contributed by atoms with Crippen LogP contribution >= 0.6 is 0 Å². The number of nitrogens with zero attached hydrogens (tertiary/aromatic N) is 1. The second-order valence-electron chi connectivity index (χ2n) is 6.65.